The molecule has 0 saturated carbocycles. The number of hydrogen-bond acceptors (Lipinski definition) is 4. The molecular weight excluding hydrogens is 214 g/mol. The first-order valence-electron chi connectivity index (χ1n) is 5.98. The molecule has 5 nitrogen and oxygen atoms in total. The third-order valence-electron chi connectivity index (χ3n) is 2.56. The molecule has 1 aromatic rings. The molecule has 0 aliphatic carbocycles. The number of hydrogen-bond donors (Lipinski definition) is 0. The first-order valence-corrected chi connectivity index (χ1v) is 5.98. The Kier molecular flexibility index (Phi) is 5.74. The summed E-state index contributed by atoms with van der Waals surface area (Å²) in [6.45, 7) is 2.89. The Morgan fingerprint density at radius 2 is 2.06 bits per heavy atom. The third-order valence-corrected chi connectivity index (χ3v) is 2.56. The Morgan fingerprint density at radius 1 is 1.24 bits per heavy atom. The van der Waals surface area contributed by atoms with E-state index in [9.17, 15) is 0 Å². The van der Waals surface area contributed by atoms with Gasteiger partial charge in [0.05, 0.1) is 29.9 Å². The second-order valence-electron chi connectivity index (χ2n) is 3.91. The Bertz CT molecular complexity index is 421. The summed E-state index contributed by atoms with van der Waals surface area (Å²) in [6, 6.07) is 4.24. The number of nitrogens with zero attached hydrogens (tertiary/aromatic N) is 5. The molecule has 0 bridgehead atoms. The largest absolute Gasteiger partial charge is 0.249 e. The maximum atomic E-state index is 8.70. The minimum Gasteiger partial charge on any atom is -0.249 e. The summed E-state index contributed by atoms with van der Waals surface area (Å²) >= 11 is 0. The molecule has 5 heteroatoms. The quantitative estimate of drug-likeness (QED) is 0.672. The van der Waals surface area contributed by atoms with Gasteiger partial charge in [-0.05, 0) is 19.3 Å². The van der Waals surface area contributed by atoms with Crippen LogP contribution in [-0.2, 0) is 19.4 Å². The van der Waals surface area contributed by atoms with Crippen LogP contribution in [0.25, 0.3) is 0 Å². The predicted molar refractivity (Wildman–Crippen MR) is 62.8 cm³/mol. The lowest BCUT2D eigenvalue weighted by Gasteiger charge is -2.05. The average Bonchev–Trinajstić information content (AvgIpc) is 2.69. The zero-order valence-corrected chi connectivity index (χ0v) is 10.2. The van der Waals surface area contributed by atoms with Gasteiger partial charge in [-0.15, -0.1) is 5.10 Å². The van der Waals surface area contributed by atoms with Gasteiger partial charge in [0.1, 0.15) is 0 Å². The molecule has 1 aromatic heterocycles. The summed E-state index contributed by atoms with van der Waals surface area (Å²) in [6.07, 6.45) is 4.65. The topological polar surface area (TPSA) is 78.3 Å². The van der Waals surface area contributed by atoms with Gasteiger partial charge in [-0.1, -0.05) is 18.6 Å². The highest BCUT2D eigenvalue weighted by Crippen LogP contribution is 2.10. The molecule has 1 rings (SSSR count). The van der Waals surface area contributed by atoms with Crippen LogP contribution in [0.3, 0.4) is 0 Å². The molecule has 0 fully saturated rings. The number of unbranched alkanes of at least 4 members (excludes halogenated alkanes) is 2. The third kappa shape index (κ3) is 3.88. The fourth-order valence-corrected chi connectivity index (χ4v) is 1.74. The van der Waals surface area contributed by atoms with E-state index < -0.39 is 0 Å². The first kappa shape index (κ1) is 13.2. The van der Waals surface area contributed by atoms with Crippen molar-refractivity contribution < 1.29 is 0 Å². The van der Waals surface area contributed by atoms with E-state index in [1.165, 1.54) is 0 Å². The van der Waals surface area contributed by atoms with Crippen LogP contribution in [0.2, 0.25) is 0 Å². The lowest BCUT2D eigenvalue weighted by Crippen LogP contribution is -2.06. The van der Waals surface area contributed by atoms with Crippen LogP contribution in [0.5, 0.6) is 0 Å². The van der Waals surface area contributed by atoms with Crippen LogP contribution in [0.1, 0.15) is 44.0 Å². The van der Waals surface area contributed by atoms with Gasteiger partial charge < -0.3 is 0 Å². The number of nitriles is 2. The van der Waals surface area contributed by atoms with Crippen LogP contribution in [-0.4, -0.2) is 15.0 Å². The normalized spacial score (nSPS) is 9.82. The summed E-state index contributed by atoms with van der Waals surface area (Å²) in [4.78, 5) is 0. The monoisotopic (exact) mass is 231 g/mol. The molecule has 0 spiro atoms. The van der Waals surface area contributed by atoms with Crippen LogP contribution in [0.15, 0.2) is 0 Å². The van der Waals surface area contributed by atoms with Gasteiger partial charge >= 0.3 is 0 Å². The average molecular weight is 231 g/mol. The zero-order chi connectivity index (χ0) is 12.5. The van der Waals surface area contributed by atoms with E-state index in [0.29, 0.717) is 12.8 Å². The minimum absolute atomic E-state index is 0.327. The van der Waals surface area contributed by atoms with E-state index in [1.54, 1.807) is 0 Å². The summed E-state index contributed by atoms with van der Waals surface area (Å²) in [7, 11) is 0. The molecule has 17 heavy (non-hydrogen) atoms. The van der Waals surface area contributed by atoms with E-state index in [4.69, 9.17) is 10.5 Å². The summed E-state index contributed by atoms with van der Waals surface area (Å²) in [5.41, 5.74) is 1.88. The van der Waals surface area contributed by atoms with Crippen molar-refractivity contribution >= 4 is 0 Å². The second-order valence-corrected chi connectivity index (χ2v) is 3.91. The highest BCUT2D eigenvalue weighted by Gasteiger charge is 2.11. The second kappa shape index (κ2) is 7.40. The van der Waals surface area contributed by atoms with Crippen LogP contribution in [0, 0.1) is 22.7 Å². The lowest BCUT2D eigenvalue weighted by atomic mass is 10.1. The van der Waals surface area contributed by atoms with E-state index in [0.717, 1.165) is 43.6 Å². The number of rotatable bonds is 7. The lowest BCUT2D eigenvalue weighted by molar-refractivity contribution is 0.524. The van der Waals surface area contributed by atoms with Crippen molar-refractivity contribution in [3.8, 4) is 12.1 Å². The molecule has 0 radical (unpaired) electrons. The van der Waals surface area contributed by atoms with Gasteiger partial charge in [0, 0.05) is 13.0 Å². The highest BCUT2D eigenvalue weighted by molar-refractivity contribution is 5.14. The molecule has 0 N–H and O–H groups in total. The fourth-order valence-electron chi connectivity index (χ4n) is 1.74. The van der Waals surface area contributed by atoms with Crippen molar-refractivity contribution in [2.75, 3.05) is 0 Å². The Morgan fingerprint density at radius 3 is 2.71 bits per heavy atom. The molecule has 0 unspecified atom stereocenters. The van der Waals surface area contributed by atoms with Crippen molar-refractivity contribution in [2.24, 2.45) is 0 Å². The highest BCUT2D eigenvalue weighted by atomic mass is 15.4. The standard InChI is InChI=1S/C12H17N5/c1-2-6-12-11(7-9-14)15-16-17(12)10-5-3-4-8-13/h2-7,10H2,1H3. The van der Waals surface area contributed by atoms with E-state index in [1.807, 2.05) is 4.68 Å². The van der Waals surface area contributed by atoms with Gasteiger partial charge in [-0.2, -0.15) is 10.5 Å². The molecule has 0 aliphatic rings. The van der Waals surface area contributed by atoms with Crippen molar-refractivity contribution in [1.82, 2.24) is 15.0 Å². The van der Waals surface area contributed by atoms with E-state index >= 15 is 0 Å². The molecule has 0 atom stereocenters. The Labute approximate surface area is 102 Å². The van der Waals surface area contributed by atoms with Gasteiger partial charge in [0.2, 0.25) is 0 Å². The van der Waals surface area contributed by atoms with Crippen molar-refractivity contribution in [3.05, 3.63) is 11.4 Å². The first-order chi connectivity index (χ1) is 8.33. The smallest absolute Gasteiger partial charge is 0.0999 e. The van der Waals surface area contributed by atoms with Crippen LogP contribution >= 0.6 is 0 Å². The van der Waals surface area contributed by atoms with Crippen LogP contribution < -0.4 is 0 Å². The SMILES string of the molecule is CCCc1c(CC#N)nnn1CCCCC#N. The maximum Gasteiger partial charge on any atom is 0.0999 e. The summed E-state index contributed by atoms with van der Waals surface area (Å²) in [5, 5.41) is 25.3. The molecule has 1 heterocycles. The Hall–Kier alpha value is -1.88. The summed E-state index contributed by atoms with van der Waals surface area (Å²) in [5.74, 6) is 0. The fraction of sp³-hybridized carbons (Fsp3) is 0.667. The summed E-state index contributed by atoms with van der Waals surface area (Å²) < 4.78 is 1.88. The zero-order valence-electron chi connectivity index (χ0n) is 10.2. The van der Waals surface area contributed by atoms with Crippen molar-refractivity contribution in [1.29, 1.82) is 10.5 Å². The van der Waals surface area contributed by atoms with Gasteiger partial charge in [-0.3, -0.25) is 0 Å². The number of aryl methyl sites for hydroxylation is 1. The molecule has 0 aliphatic heterocycles. The number of aromatic nitrogens is 3. The molecule has 0 amide bonds. The molecule has 90 valence electrons. The maximum absolute atomic E-state index is 8.70. The van der Waals surface area contributed by atoms with Gasteiger partial charge in [0.15, 0.2) is 0 Å². The molecule has 0 aromatic carbocycles. The van der Waals surface area contributed by atoms with Crippen LogP contribution in [0.4, 0.5) is 0 Å². The van der Waals surface area contributed by atoms with Crippen molar-refractivity contribution in [2.45, 2.75) is 52.0 Å². The van der Waals surface area contributed by atoms with E-state index in [-0.39, 0.29) is 0 Å². The predicted octanol–water partition coefficient (Wildman–Crippen LogP) is 1.99. The molecule has 0 saturated heterocycles. The van der Waals surface area contributed by atoms with Gasteiger partial charge in [0.25, 0.3) is 0 Å². The Balaban J connectivity index is 2.64. The van der Waals surface area contributed by atoms with Gasteiger partial charge in [-0.25, -0.2) is 4.68 Å². The van der Waals surface area contributed by atoms with Crippen molar-refractivity contribution in [3.63, 3.8) is 0 Å². The van der Waals surface area contributed by atoms with E-state index in [2.05, 4.69) is 29.4 Å². The minimum atomic E-state index is 0.327. The molecular formula is C12H17N5.